The van der Waals surface area contributed by atoms with Crippen LogP contribution in [0.15, 0.2) is 47.4 Å². The molecule has 29 heavy (non-hydrogen) atoms. The summed E-state index contributed by atoms with van der Waals surface area (Å²) >= 11 is 0. The van der Waals surface area contributed by atoms with Gasteiger partial charge in [0.1, 0.15) is 5.82 Å². The normalized spacial score (nSPS) is 12.0. The van der Waals surface area contributed by atoms with Crippen LogP contribution in [0.2, 0.25) is 0 Å². The fraction of sp³-hybridized carbons (Fsp3) is 0.190. The monoisotopic (exact) mass is 415 g/mol. The number of H-pyrrole nitrogens is 1. The quantitative estimate of drug-likeness (QED) is 0.539. The van der Waals surface area contributed by atoms with E-state index in [4.69, 9.17) is 5.14 Å². The summed E-state index contributed by atoms with van der Waals surface area (Å²) in [6.07, 6.45) is 3.40. The Balaban J connectivity index is 1.65. The van der Waals surface area contributed by atoms with Crippen molar-refractivity contribution in [2.24, 2.45) is 5.14 Å². The molecule has 6 nitrogen and oxygen atoms in total. The zero-order valence-corrected chi connectivity index (χ0v) is 16.9. The maximum Gasteiger partial charge on any atom is 0.244 e. The number of aromatic amines is 1. The first-order valence-electron chi connectivity index (χ1n) is 9.02. The van der Waals surface area contributed by atoms with Crippen molar-refractivity contribution in [3.8, 4) is 0 Å². The van der Waals surface area contributed by atoms with Gasteiger partial charge in [0.25, 0.3) is 0 Å². The molecular formula is C21H22FN3O3S. The number of amides is 1. The number of nitrogens with two attached hydrogens (primary N) is 1. The standard InChI is InChI=1S/C21H22FN3O3S/c1-13-6-8-18(22)21-20(13)17(14(2)25-21)10-11-24-19(26)9-7-15-4-3-5-16(12-15)29(23,27)28/h3-9,12,25H,10-11H2,1-2H3,(H,24,26)(H2,23,27,28). The molecule has 2 aromatic carbocycles. The first kappa shape index (κ1) is 20.8. The summed E-state index contributed by atoms with van der Waals surface area (Å²) in [7, 11) is -3.80. The van der Waals surface area contributed by atoms with Crippen molar-refractivity contribution in [3.05, 3.63) is 70.7 Å². The number of carbonyl (C=O) groups excluding carboxylic acids is 1. The third kappa shape index (κ3) is 4.72. The van der Waals surface area contributed by atoms with E-state index in [1.807, 2.05) is 13.8 Å². The summed E-state index contributed by atoms with van der Waals surface area (Å²) in [5, 5.41) is 8.75. The molecule has 0 fully saturated rings. The van der Waals surface area contributed by atoms with Crippen LogP contribution < -0.4 is 10.5 Å². The maximum absolute atomic E-state index is 14.0. The minimum atomic E-state index is -3.80. The second kappa shape index (κ2) is 8.18. The number of hydrogen-bond acceptors (Lipinski definition) is 3. The highest BCUT2D eigenvalue weighted by molar-refractivity contribution is 7.89. The van der Waals surface area contributed by atoms with Crippen LogP contribution in [-0.4, -0.2) is 25.9 Å². The van der Waals surface area contributed by atoms with Gasteiger partial charge in [0.05, 0.1) is 10.4 Å². The number of aryl methyl sites for hydroxylation is 2. The van der Waals surface area contributed by atoms with E-state index in [0.29, 0.717) is 24.0 Å². The van der Waals surface area contributed by atoms with Gasteiger partial charge in [-0.2, -0.15) is 0 Å². The summed E-state index contributed by atoms with van der Waals surface area (Å²) < 4.78 is 36.8. The molecule has 0 aliphatic heterocycles. The molecule has 0 unspecified atom stereocenters. The van der Waals surface area contributed by atoms with Crippen LogP contribution in [0, 0.1) is 19.7 Å². The molecule has 152 valence electrons. The van der Waals surface area contributed by atoms with Crippen molar-refractivity contribution in [2.45, 2.75) is 25.2 Å². The zero-order valence-electron chi connectivity index (χ0n) is 16.1. The Bertz CT molecular complexity index is 1210. The van der Waals surface area contributed by atoms with Gasteiger partial charge < -0.3 is 10.3 Å². The van der Waals surface area contributed by atoms with Crippen molar-refractivity contribution in [3.63, 3.8) is 0 Å². The van der Waals surface area contributed by atoms with E-state index in [1.54, 1.807) is 18.2 Å². The van der Waals surface area contributed by atoms with E-state index < -0.39 is 10.0 Å². The molecule has 8 heteroatoms. The lowest BCUT2D eigenvalue weighted by Gasteiger charge is -2.05. The fourth-order valence-electron chi connectivity index (χ4n) is 3.29. The maximum atomic E-state index is 14.0. The molecule has 3 aromatic rings. The molecule has 0 saturated carbocycles. The zero-order chi connectivity index (χ0) is 21.2. The summed E-state index contributed by atoms with van der Waals surface area (Å²) in [5.74, 6) is -0.611. The van der Waals surface area contributed by atoms with Gasteiger partial charge in [0.2, 0.25) is 15.9 Å². The number of sulfonamides is 1. The Kier molecular flexibility index (Phi) is 5.86. The number of rotatable bonds is 6. The Morgan fingerprint density at radius 3 is 2.72 bits per heavy atom. The van der Waals surface area contributed by atoms with Crippen molar-refractivity contribution in [1.29, 1.82) is 0 Å². The molecule has 0 saturated heterocycles. The highest BCUT2D eigenvalue weighted by atomic mass is 32.2. The average Bonchev–Trinajstić information content (AvgIpc) is 3.00. The Morgan fingerprint density at radius 1 is 1.24 bits per heavy atom. The van der Waals surface area contributed by atoms with Crippen molar-refractivity contribution in [2.75, 3.05) is 6.54 Å². The number of nitrogens with one attached hydrogen (secondary N) is 2. The number of benzene rings is 2. The van der Waals surface area contributed by atoms with Gasteiger partial charge in [-0.1, -0.05) is 18.2 Å². The molecule has 0 bridgehead atoms. The number of primary sulfonamides is 1. The largest absolute Gasteiger partial charge is 0.356 e. The molecule has 0 spiro atoms. The van der Waals surface area contributed by atoms with Crippen LogP contribution in [0.1, 0.15) is 22.4 Å². The van der Waals surface area contributed by atoms with Crippen LogP contribution in [0.4, 0.5) is 4.39 Å². The summed E-state index contributed by atoms with van der Waals surface area (Å²) in [5.41, 5.74) is 3.85. The summed E-state index contributed by atoms with van der Waals surface area (Å²) in [4.78, 5) is 15.1. The predicted octanol–water partition coefficient (Wildman–Crippen LogP) is 2.94. The van der Waals surface area contributed by atoms with Gasteiger partial charge >= 0.3 is 0 Å². The van der Waals surface area contributed by atoms with E-state index in [-0.39, 0.29) is 16.6 Å². The molecule has 4 N–H and O–H groups in total. The van der Waals surface area contributed by atoms with E-state index >= 15 is 0 Å². The molecule has 3 rings (SSSR count). The Labute approximate surface area is 168 Å². The second-order valence-electron chi connectivity index (χ2n) is 6.83. The average molecular weight is 415 g/mol. The van der Waals surface area contributed by atoms with E-state index in [0.717, 1.165) is 22.2 Å². The lowest BCUT2D eigenvalue weighted by Crippen LogP contribution is -2.23. The topological polar surface area (TPSA) is 105 Å². The van der Waals surface area contributed by atoms with E-state index in [1.165, 1.54) is 30.4 Å². The lowest BCUT2D eigenvalue weighted by atomic mass is 10.0. The minimum Gasteiger partial charge on any atom is -0.356 e. The molecule has 1 heterocycles. The van der Waals surface area contributed by atoms with Gasteiger partial charge in [-0.3, -0.25) is 4.79 Å². The Morgan fingerprint density at radius 2 is 2.00 bits per heavy atom. The van der Waals surface area contributed by atoms with Crippen LogP contribution in [-0.2, 0) is 21.2 Å². The third-order valence-electron chi connectivity index (χ3n) is 4.72. The predicted molar refractivity (Wildman–Crippen MR) is 111 cm³/mol. The molecule has 0 aliphatic carbocycles. The SMILES string of the molecule is Cc1[nH]c2c(F)ccc(C)c2c1CCNC(=O)C=Cc1cccc(S(N)(=O)=O)c1. The van der Waals surface area contributed by atoms with Crippen LogP contribution >= 0.6 is 0 Å². The third-order valence-corrected chi connectivity index (χ3v) is 5.63. The highest BCUT2D eigenvalue weighted by Crippen LogP contribution is 2.27. The molecule has 1 aromatic heterocycles. The number of fused-ring (bicyclic) bond motifs is 1. The van der Waals surface area contributed by atoms with Crippen molar-refractivity contribution in [1.82, 2.24) is 10.3 Å². The van der Waals surface area contributed by atoms with Crippen LogP contribution in [0.25, 0.3) is 17.0 Å². The molecule has 0 atom stereocenters. The highest BCUT2D eigenvalue weighted by Gasteiger charge is 2.14. The van der Waals surface area contributed by atoms with Gasteiger partial charge in [0.15, 0.2) is 0 Å². The van der Waals surface area contributed by atoms with Crippen LogP contribution in [0.3, 0.4) is 0 Å². The minimum absolute atomic E-state index is 0.0162. The number of carbonyl (C=O) groups is 1. The first-order chi connectivity index (χ1) is 13.7. The van der Waals surface area contributed by atoms with Gasteiger partial charge in [-0.15, -0.1) is 0 Å². The molecule has 1 amide bonds. The van der Waals surface area contributed by atoms with Crippen molar-refractivity contribution >= 4 is 32.9 Å². The van der Waals surface area contributed by atoms with Gasteiger partial charge in [0, 0.05) is 23.7 Å². The number of halogens is 1. The van der Waals surface area contributed by atoms with Crippen molar-refractivity contribution < 1.29 is 17.6 Å². The molecule has 0 radical (unpaired) electrons. The second-order valence-corrected chi connectivity index (χ2v) is 8.40. The smallest absolute Gasteiger partial charge is 0.244 e. The molecular weight excluding hydrogens is 393 g/mol. The summed E-state index contributed by atoms with van der Waals surface area (Å²) in [6.45, 7) is 4.19. The van der Waals surface area contributed by atoms with Gasteiger partial charge in [-0.25, -0.2) is 17.9 Å². The van der Waals surface area contributed by atoms with E-state index in [9.17, 15) is 17.6 Å². The molecule has 0 aliphatic rings. The fourth-order valence-corrected chi connectivity index (χ4v) is 3.86. The summed E-state index contributed by atoms with van der Waals surface area (Å²) in [6, 6.07) is 9.19. The first-order valence-corrected chi connectivity index (χ1v) is 10.6. The Hall–Kier alpha value is -2.97. The van der Waals surface area contributed by atoms with E-state index in [2.05, 4.69) is 10.3 Å². The number of aromatic nitrogens is 1. The number of hydrogen-bond donors (Lipinski definition) is 3. The lowest BCUT2D eigenvalue weighted by molar-refractivity contribution is -0.116. The van der Waals surface area contributed by atoms with Gasteiger partial charge in [-0.05, 0) is 61.2 Å². The van der Waals surface area contributed by atoms with Crippen LogP contribution in [0.5, 0.6) is 0 Å².